The smallest absolute Gasteiger partial charge is 0.265 e. The highest BCUT2D eigenvalue weighted by molar-refractivity contribution is 7.85. The van der Waals surface area contributed by atoms with Crippen molar-refractivity contribution in [1.82, 2.24) is 0 Å². The molecule has 0 saturated carbocycles. The minimum absolute atomic E-state index is 0.0801. The van der Waals surface area contributed by atoms with Gasteiger partial charge >= 0.3 is 0 Å². The second-order valence-electron chi connectivity index (χ2n) is 18.7. The highest BCUT2D eigenvalue weighted by Crippen LogP contribution is 2.21. The SMILES string of the molecule is CCCCCCCCCCCCCCCC[N+](CCCCCCCCCCCCCCCC)(CCCCCCCCCCCCCCCC)CCCS(=O)(=O)O. The van der Waals surface area contributed by atoms with Crippen LogP contribution in [0.25, 0.3) is 0 Å². The molecule has 0 unspecified atom stereocenters. The number of quaternary nitrogens is 1. The molecule has 0 spiro atoms. The predicted octanol–water partition coefficient (Wildman–Crippen LogP) is 17.5. The maximum Gasteiger partial charge on any atom is 0.265 e. The second-order valence-corrected chi connectivity index (χ2v) is 20.2. The van der Waals surface area contributed by atoms with E-state index in [9.17, 15) is 13.0 Å². The summed E-state index contributed by atoms with van der Waals surface area (Å²) in [6, 6.07) is 0. The van der Waals surface area contributed by atoms with Crippen LogP contribution in [-0.2, 0) is 10.1 Å². The van der Waals surface area contributed by atoms with E-state index < -0.39 is 10.1 Å². The topological polar surface area (TPSA) is 54.4 Å². The molecular weight excluding hydrogens is 707 g/mol. The first kappa shape index (κ1) is 55.9. The van der Waals surface area contributed by atoms with Crippen molar-refractivity contribution in [1.29, 1.82) is 0 Å². The van der Waals surface area contributed by atoms with Gasteiger partial charge < -0.3 is 4.48 Å². The predicted molar refractivity (Wildman–Crippen MR) is 252 cm³/mol. The average Bonchev–Trinajstić information content (AvgIpc) is 3.17. The molecule has 1 N–H and O–H groups in total. The van der Waals surface area contributed by atoms with Gasteiger partial charge in [-0.25, -0.2) is 0 Å². The van der Waals surface area contributed by atoms with Gasteiger partial charge in [0.25, 0.3) is 10.1 Å². The summed E-state index contributed by atoms with van der Waals surface area (Å²) in [7, 11) is -3.91. The number of hydrogen-bond donors (Lipinski definition) is 1. The minimum atomic E-state index is -3.91. The number of rotatable bonds is 49. The molecule has 0 aromatic carbocycles. The van der Waals surface area contributed by atoms with Crippen molar-refractivity contribution >= 4 is 10.1 Å². The molecule has 4 nitrogen and oxygen atoms in total. The van der Waals surface area contributed by atoms with Crippen LogP contribution in [0.15, 0.2) is 0 Å². The van der Waals surface area contributed by atoms with E-state index in [1.165, 1.54) is 289 Å². The van der Waals surface area contributed by atoms with E-state index in [2.05, 4.69) is 20.8 Å². The Kier molecular flexibility index (Phi) is 44.3. The molecule has 0 aromatic heterocycles. The molecule has 0 aliphatic carbocycles. The molecular formula is C51H106NO3S+. The Hall–Kier alpha value is -0.130. The Morgan fingerprint density at radius 1 is 0.268 bits per heavy atom. The zero-order chi connectivity index (χ0) is 40.9. The molecule has 0 fully saturated rings. The monoisotopic (exact) mass is 813 g/mol. The van der Waals surface area contributed by atoms with Crippen LogP contribution in [0.3, 0.4) is 0 Å². The van der Waals surface area contributed by atoms with Gasteiger partial charge in [0.05, 0.1) is 31.9 Å². The first-order valence-corrected chi connectivity index (χ1v) is 27.8. The summed E-state index contributed by atoms with van der Waals surface area (Å²) in [5, 5.41) is 0. The van der Waals surface area contributed by atoms with E-state index in [-0.39, 0.29) is 5.75 Å². The molecule has 0 radical (unpaired) electrons. The van der Waals surface area contributed by atoms with Gasteiger partial charge in [-0.1, -0.05) is 252 Å². The van der Waals surface area contributed by atoms with Gasteiger partial charge in [-0.3, -0.25) is 4.55 Å². The summed E-state index contributed by atoms with van der Waals surface area (Å²) < 4.78 is 34.2. The van der Waals surface area contributed by atoms with E-state index in [1.807, 2.05) is 0 Å². The summed E-state index contributed by atoms with van der Waals surface area (Å²) in [4.78, 5) is 0. The Labute approximate surface area is 355 Å². The lowest BCUT2D eigenvalue weighted by molar-refractivity contribution is -0.928. The summed E-state index contributed by atoms with van der Waals surface area (Å²) in [6.45, 7) is 11.4. The van der Waals surface area contributed by atoms with E-state index >= 15 is 0 Å². The Morgan fingerprint density at radius 2 is 0.429 bits per heavy atom. The highest BCUT2D eigenvalue weighted by Gasteiger charge is 2.26. The molecule has 0 aliphatic heterocycles. The molecule has 0 heterocycles. The lowest BCUT2D eigenvalue weighted by atomic mass is 10.0. The van der Waals surface area contributed by atoms with E-state index in [1.54, 1.807) is 0 Å². The van der Waals surface area contributed by atoms with Crippen LogP contribution in [0.2, 0.25) is 0 Å². The molecule has 338 valence electrons. The van der Waals surface area contributed by atoms with Gasteiger partial charge in [-0.05, 0) is 38.5 Å². The fourth-order valence-corrected chi connectivity index (χ4v) is 9.67. The van der Waals surface area contributed by atoms with Crippen molar-refractivity contribution in [3.63, 3.8) is 0 Å². The molecule has 5 heteroatoms. The normalized spacial score (nSPS) is 12.3. The second kappa shape index (κ2) is 44.4. The van der Waals surface area contributed by atoms with Crippen molar-refractivity contribution in [2.24, 2.45) is 0 Å². The van der Waals surface area contributed by atoms with Crippen LogP contribution in [0.1, 0.15) is 297 Å². The molecule has 0 amide bonds. The number of unbranched alkanes of at least 4 members (excludes halogenated alkanes) is 39. The zero-order valence-corrected chi connectivity index (χ0v) is 39.9. The van der Waals surface area contributed by atoms with Gasteiger partial charge in [0.1, 0.15) is 0 Å². The standard InChI is InChI=1S/C51H105NO3S/c1-4-7-10-13-16-19-22-25-28-31-34-37-40-43-47-52(50-46-51-56(53,54)55,48-44-41-38-35-32-29-26-23-20-17-14-11-8-5-2)49-45-42-39-36-33-30-27-24-21-18-15-12-9-6-3/h4-51H2,1-3H3/p+1. The Bertz CT molecular complexity index is 767. The zero-order valence-electron chi connectivity index (χ0n) is 39.1. The van der Waals surface area contributed by atoms with Crippen molar-refractivity contribution in [3.05, 3.63) is 0 Å². The third-order valence-electron chi connectivity index (χ3n) is 13.0. The third kappa shape index (κ3) is 43.4. The van der Waals surface area contributed by atoms with Gasteiger partial charge in [0.15, 0.2) is 0 Å². The van der Waals surface area contributed by atoms with Crippen LogP contribution in [0.4, 0.5) is 0 Å². The highest BCUT2D eigenvalue weighted by atomic mass is 32.2. The van der Waals surface area contributed by atoms with Gasteiger partial charge in [-0.15, -0.1) is 0 Å². The molecule has 0 aliphatic rings. The van der Waals surface area contributed by atoms with Crippen LogP contribution in [0, 0.1) is 0 Å². The molecule has 56 heavy (non-hydrogen) atoms. The Balaban J connectivity index is 4.72. The third-order valence-corrected chi connectivity index (χ3v) is 13.8. The van der Waals surface area contributed by atoms with Crippen molar-refractivity contribution < 1.29 is 17.5 Å². The van der Waals surface area contributed by atoms with E-state index in [0.717, 1.165) is 11.0 Å². The van der Waals surface area contributed by atoms with Crippen LogP contribution >= 0.6 is 0 Å². The van der Waals surface area contributed by atoms with Gasteiger partial charge in [0.2, 0.25) is 0 Å². The lowest BCUT2D eigenvalue weighted by Gasteiger charge is -2.39. The lowest BCUT2D eigenvalue weighted by Crippen LogP contribution is -2.51. The Morgan fingerprint density at radius 3 is 0.607 bits per heavy atom. The van der Waals surface area contributed by atoms with E-state index in [4.69, 9.17) is 0 Å². The average molecular weight is 813 g/mol. The summed E-state index contributed by atoms with van der Waals surface area (Å²) in [5.41, 5.74) is 0. The van der Waals surface area contributed by atoms with Crippen LogP contribution < -0.4 is 0 Å². The van der Waals surface area contributed by atoms with Crippen molar-refractivity contribution in [2.75, 3.05) is 31.9 Å². The van der Waals surface area contributed by atoms with Crippen molar-refractivity contribution in [2.45, 2.75) is 297 Å². The molecule has 0 atom stereocenters. The van der Waals surface area contributed by atoms with Crippen LogP contribution in [-0.4, -0.2) is 49.4 Å². The van der Waals surface area contributed by atoms with Crippen molar-refractivity contribution in [3.8, 4) is 0 Å². The first-order valence-electron chi connectivity index (χ1n) is 26.2. The van der Waals surface area contributed by atoms with E-state index in [0.29, 0.717) is 6.42 Å². The number of nitrogens with zero attached hydrogens (tertiary/aromatic N) is 1. The summed E-state index contributed by atoms with van der Waals surface area (Å²) in [5.74, 6) is -0.0801. The maximum atomic E-state index is 11.8. The summed E-state index contributed by atoms with van der Waals surface area (Å²) >= 11 is 0. The maximum absolute atomic E-state index is 11.8. The minimum Gasteiger partial charge on any atom is -0.324 e. The van der Waals surface area contributed by atoms with Gasteiger partial charge in [0, 0.05) is 6.42 Å². The largest absolute Gasteiger partial charge is 0.324 e. The number of hydrogen-bond acceptors (Lipinski definition) is 2. The molecule has 0 bridgehead atoms. The molecule has 0 rings (SSSR count). The fourth-order valence-electron chi connectivity index (χ4n) is 9.18. The van der Waals surface area contributed by atoms with Gasteiger partial charge in [-0.2, -0.15) is 8.42 Å². The van der Waals surface area contributed by atoms with Crippen LogP contribution in [0.5, 0.6) is 0 Å². The summed E-state index contributed by atoms with van der Waals surface area (Å²) in [6.07, 6.45) is 58.8. The molecule has 0 saturated heterocycles. The molecule has 0 aromatic rings. The fraction of sp³-hybridized carbons (Fsp3) is 1.00. The first-order chi connectivity index (χ1) is 27.4. The quantitative estimate of drug-likeness (QED) is 0.0378.